The second-order valence-electron chi connectivity index (χ2n) is 6.54. The van der Waals surface area contributed by atoms with Crippen LogP contribution in [-0.4, -0.2) is 23.1 Å². The van der Waals surface area contributed by atoms with Gasteiger partial charge in [-0.1, -0.05) is 31.1 Å². The molecule has 3 aromatic rings. The summed E-state index contributed by atoms with van der Waals surface area (Å²) >= 11 is 0. The number of aromatic nitrogens is 2. The monoisotopic (exact) mass is 539 g/mol. The third-order valence-corrected chi connectivity index (χ3v) is 4.57. The molecule has 0 bridgehead atoms. The van der Waals surface area contributed by atoms with Crippen molar-refractivity contribution in [2.75, 3.05) is 7.05 Å². The zero-order chi connectivity index (χ0) is 21.3. The number of guanidine groups is 1. The Labute approximate surface area is 198 Å². The van der Waals surface area contributed by atoms with Crippen LogP contribution in [0.3, 0.4) is 0 Å². The fourth-order valence-electron chi connectivity index (χ4n) is 3.00. The number of nitrogens with one attached hydrogen (secondary N) is 2. The van der Waals surface area contributed by atoms with E-state index in [2.05, 4.69) is 32.7 Å². The van der Waals surface area contributed by atoms with Gasteiger partial charge in [-0.05, 0) is 24.6 Å². The van der Waals surface area contributed by atoms with Crippen molar-refractivity contribution in [2.45, 2.75) is 39.8 Å². The molecule has 2 N–H and O–H groups in total. The zero-order valence-corrected chi connectivity index (χ0v) is 20.1. The first-order valence-corrected chi connectivity index (χ1v) is 9.92. The molecule has 0 aliphatic heterocycles. The number of nitrogens with zero attached hydrogens (tertiary/aromatic N) is 3. The quantitative estimate of drug-likeness (QED) is 0.247. The van der Waals surface area contributed by atoms with Gasteiger partial charge in [0, 0.05) is 49.9 Å². The van der Waals surface area contributed by atoms with E-state index in [0.717, 1.165) is 35.4 Å². The highest BCUT2D eigenvalue weighted by atomic mass is 127. The first kappa shape index (κ1) is 24.6. The smallest absolute Gasteiger partial charge is 0.224 e. The average molecular weight is 539 g/mol. The van der Waals surface area contributed by atoms with E-state index in [1.165, 1.54) is 12.1 Å². The number of hydrogen-bond acceptors (Lipinski definition) is 5. The highest BCUT2D eigenvalue weighted by Gasteiger charge is 2.14. The summed E-state index contributed by atoms with van der Waals surface area (Å²) in [5, 5.41) is 10.7. The molecule has 31 heavy (non-hydrogen) atoms. The summed E-state index contributed by atoms with van der Waals surface area (Å²) in [5.41, 5.74) is 2.84. The molecule has 3 rings (SSSR count). The molecule has 0 atom stereocenters. The van der Waals surface area contributed by atoms with Gasteiger partial charge in [-0.25, -0.2) is 9.37 Å². The second-order valence-corrected chi connectivity index (χ2v) is 6.54. The van der Waals surface area contributed by atoms with Crippen LogP contribution in [0.15, 0.2) is 52.1 Å². The molecule has 0 aliphatic rings. The molecular formula is C22H27FIN5O2. The molecule has 0 aliphatic carbocycles. The van der Waals surface area contributed by atoms with Gasteiger partial charge in [-0.2, -0.15) is 0 Å². The van der Waals surface area contributed by atoms with Crippen molar-refractivity contribution in [3.8, 4) is 11.6 Å². The Hall–Kier alpha value is -2.69. The number of aryl methyl sites for hydroxylation is 2. The zero-order valence-electron chi connectivity index (χ0n) is 17.8. The molecule has 0 spiro atoms. The lowest BCUT2D eigenvalue weighted by Gasteiger charge is -2.14. The standard InChI is InChI=1S/C22H26FN5O2.HI/c1-4-19-18(20(5-2)30-28-19)14-27-22(24-3)26-13-15-8-7-11-25-21(15)29-17-10-6-9-16(23)12-17;/h6-12H,4-5,13-14H2,1-3H3,(H2,24,26,27);1H. The van der Waals surface area contributed by atoms with Gasteiger partial charge in [0.1, 0.15) is 17.3 Å². The molecule has 2 heterocycles. The van der Waals surface area contributed by atoms with Gasteiger partial charge in [0.05, 0.1) is 5.69 Å². The summed E-state index contributed by atoms with van der Waals surface area (Å²) in [6.07, 6.45) is 3.23. The van der Waals surface area contributed by atoms with Crippen LogP contribution >= 0.6 is 24.0 Å². The molecule has 9 heteroatoms. The van der Waals surface area contributed by atoms with E-state index in [-0.39, 0.29) is 29.8 Å². The predicted octanol–water partition coefficient (Wildman–Crippen LogP) is 4.61. The van der Waals surface area contributed by atoms with Crippen molar-refractivity contribution >= 4 is 29.9 Å². The van der Waals surface area contributed by atoms with Crippen LogP contribution < -0.4 is 15.4 Å². The minimum atomic E-state index is -0.362. The van der Waals surface area contributed by atoms with Crippen LogP contribution in [0.5, 0.6) is 11.6 Å². The topological polar surface area (TPSA) is 84.6 Å². The summed E-state index contributed by atoms with van der Waals surface area (Å²) in [5.74, 6) is 1.95. The van der Waals surface area contributed by atoms with Crippen LogP contribution in [0, 0.1) is 5.82 Å². The molecule has 0 unspecified atom stereocenters. The maximum Gasteiger partial charge on any atom is 0.224 e. The molecule has 166 valence electrons. The third-order valence-electron chi connectivity index (χ3n) is 4.57. The molecule has 0 saturated heterocycles. The fourth-order valence-corrected chi connectivity index (χ4v) is 3.00. The van der Waals surface area contributed by atoms with Crippen LogP contribution in [0.1, 0.15) is 36.4 Å². The number of rotatable bonds is 8. The SMILES string of the molecule is CCc1noc(CC)c1CNC(=NC)NCc1cccnc1Oc1cccc(F)c1.I. The molecule has 0 amide bonds. The lowest BCUT2D eigenvalue weighted by molar-refractivity contribution is 0.380. The Balaban J connectivity index is 0.00000341. The van der Waals surface area contributed by atoms with Gasteiger partial charge >= 0.3 is 0 Å². The van der Waals surface area contributed by atoms with E-state index in [0.29, 0.717) is 30.7 Å². The predicted molar refractivity (Wildman–Crippen MR) is 128 cm³/mol. The van der Waals surface area contributed by atoms with E-state index >= 15 is 0 Å². The molecule has 0 fully saturated rings. The molecule has 0 radical (unpaired) electrons. The highest BCUT2D eigenvalue weighted by molar-refractivity contribution is 14.0. The fraction of sp³-hybridized carbons (Fsp3) is 0.318. The third kappa shape index (κ3) is 6.65. The first-order valence-electron chi connectivity index (χ1n) is 9.92. The summed E-state index contributed by atoms with van der Waals surface area (Å²) in [4.78, 5) is 8.55. The van der Waals surface area contributed by atoms with Crippen LogP contribution in [0.2, 0.25) is 0 Å². The van der Waals surface area contributed by atoms with Gasteiger partial charge in [0.15, 0.2) is 5.96 Å². The normalized spacial score (nSPS) is 11.0. The number of benzene rings is 1. The molecule has 1 aromatic carbocycles. The number of pyridine rings is 1. The molecule has 0 saturated carbocycles. The van der Waals surface area contributed by atoms with Gasteiger partial charge in [-0.3, -0.25) is 4.99 Å². The Morgan fingerprint density at radius 3 is 2.65 bits per heavy atom. The summed E-state index contributed by atoms with van der Waals surface area (Å²) < 4.78 is 24.6. The Bertz CT molecular complexity index is 988. The van der Waals surface area contributed by atoms with Crippen molar-refractivity contribution < 1.29 is 13.7 Å². The van der Waals surface area contributed by atoms with Crippen molar-refractivity contribution in [1.29, 1.82) is 0 Å². The molecular weight excluding hydrogens is 512 g/mol. The summed E-state index contributed by atoms with van der Waals surface area (Å²) in [7, 11) is 1.71. The van der Waals surface area contributed by atoms with E-state index in [1.807, 2.05) is 19.1 Å². The summed E-state index contributed by atoms with van der Waals surface area (Å²) in [6.45, 7) is 5.09. The van der Waals surface area contributed by atoms with E-state index in [1.54, 1.807) is 25.4 Å². The Morgan fingerprint density at radius 2 is 1.94 bits per heavy atom. The highest BCUT2D eigenvalue weighted by Crippen LogP contribution is 2.23. The maximum atomic E-state index is 13.4. The number of halogens is 2. The second kappa shape index (κ2) is 12.2. The number of hydrogen-bond donors (Lipinski definition) is 2. The lowest BCUT2D eigenvalue weighted by Crippen LogP contribution is -2.36. The van der Waals surface area contributed by atoms with Gasteiger partial charge in [0.2, 0.25) is 5.88 Å². The van der Waals surface area contributed by atoms with Crippen molar-refractivity contribution in [1.82, 2.24) is 20.8 Å². The number of aliphatic imine (C=N–C) groups is 1. The number of ether oxygens (including phenoxy) is 1. The van der Waals surface area contributed by atoms with Crippen molar-refractivity contribution in [2.24, 2.45) is 4.99 Å². The lowest BCUT2D eigenvalue weighted by atomic mass is 10.1. The van der Waals surface area contributed by atoms with E-state index in [4.69, 9.17) is 9.26 Å². The molecule has 2 aromatic heterocycles. The van der Waals surface area contributed by atoms with Crippen LogP contribution in [0.25, 0.3) is 0 Å². The van der Waals surface area contributed by atoms with E-state index in [9.17, 15) is 4.39 Å². The van der Waals surface area contributed by atoms with Gasteiger partial charge in [0.25, 0.3) is 0 Å². The average Bonchev–Trinajstić information content (AvgIpc) is 3.17. The minimum absolute atomic E-state index is 0. The van der Waals surface area contributed by atoms with Crippen molar-refractivity contribution in [3.63, 3.8) is 0 Å². The Kier molecular flexibility index (Phi) is 9.70. The van der Waals surface area contributed by atoms with Crippen LogP contribution in [-0.2, 0) is 25.9 Å². The molecule has 7 nitrogen and oxygen atoms in total. The van der Waals surface area contributed by atoms with Gasteiger partial charge in [-0.15, -0.1) is 24.0 Å². The minimum Gasteiger partial charge on any atom is -0.439 e. The summed E-state index contributed by atoms with van der Waals surface area (Å²) in [6, 6.07) is 9.69. The Morgan fingerprint density at radius 1 is 1.13 bits per heavy atom. The van der Waals surface area contributed by atoms with Gasteiger partial charge < -0.3 is 19.9 Å². The van der Waals surface area contributed by atoms with E-state index < -0.39 is 0 Å². The van der Waals surface area contributed by atoms with Crippen LogP contribution in [0.4, 0.5) is 4.39 Å². The first-order chi connectivity index (χ1) is 14.6. The van der Waals surface area contributed by atoms with Crippen molar-refractivity contribution in [3.05, 3.63) is 71.0 Å². The largest absolute Gasteiger partial charge is 0.439 e. The maximum absolute atomic E-state index is 13.4.